The van der Waals surface area contributed by atoms with Crippen LogP contribution in [-0.4, -0.2) is 23.8 Å². The van der Waals surface area contributed by atoms with E-state index in [0.717, 1.165) is 16.7 Å². The zero-order chi connectivity index (χ0) is 22.8. The fourth-order valence-corrected chi connectivity index (χ4v) is 3.72. The van der Waals surface area contributed by atoms with Gasteiger partial charge in [-0.05, 0) is 18.6 Å². The molecular weight excluding hydrogens is 422 g/mol. The summed E-state index contributed by atoms with van der Waals surface area (Å²) in [4.78, 5) is 17.3. The number of oxazole rings is 1. The number of aromatic nitrogens is 1. The predicted molar refractivity (Wildman–Crippen MR) is 124 cm³/mol. The van der Waals surface area contributed by atoms with Gasteiger partial charge < -0.3 is 23.4 Å². The molecule has 0 saturated carbocycles. The standard InChI is InChI=1S/C26H21NO6/c1-30-22-15-21-24(18(28)14-20(32-21)16-8-3-2-4-9-16)25(29)26(22)31-13-7-12-23-27-17-10-5-6-11-19(17)33-23/h2-6,8-11,14-15,29H,7,12-13H2,1H3. The highest BCUT2D eigenvalue weighted by molar-refractivity contribution is 5.89. The number of hydrogen-bond donors (Lipinski definition) is 1. The number of hydrogen-bond acceptors (Lipinski definition) is 7. The zero-order valence-corrected chi connectivity index (χ0v) is 17.9. The van der Waals surface area contributed by atoms with Crippen LogP contribution < -0.4 is 14.9 Å². The zero-order valence-electron chi connectivity index (χ0n) is 17.9. The summed E-state index contributed by atoms with van der Waals surface area (Å²) >= 11 is 0. The number of nitrogens with zero attached hydrogens (tertiary/aromatic N) is 1. The number of ether oxygens (including phenoxy) is 2. The highest BCUT2D eigenvalue weighted by Gasteiger charge is 2.20. The van der Waals surface area contributed by atoms with Gasteiger partial charge in [-0.1, -0.05) is 42.5 Å². The Morgan fingerprint density at radius 1 is 0.970 bits per heavy atom. The number of aryl methyl sites for hydroxylation is 1. The molecule has 0 fully saturated rings. The third-order valence-electron chi connectivity index (χ3n) is 5.31. The number of methoxy groups -OCH3 is 1. The molecule has 3 aromatic carbocycles. The molecule has 0 atom stereocenters. The minimum Gasteiger partial charge on any atom is -0.504 e. The third kappa shape index (κ3) is 4.01. The molecule has 1 N–H and O–H groups in total. The molecule has 0 aliphatic carbocycles. The molecule has 7 heteroatoms. The topological polar surface area (TPSA) is 94.9 Å². The molecule has 0 aliphatic heterocycles. The number of aromatic hydroxyl groups is 1. The SMILES string of the molecule is COc1cc2oc(-c3ccccc3)cc(=O)c2c(O)c1OCCCc1nc2ccccc2o1. The van der Waals surface area contributed by atoms with Crippen LogP contribution in [0, 0.1) is 0 Å². The van der Waals surface area contributed by atoms with Gasteiger partial charge >= 0.3 is 0 Å². The molecule has 7 nitrogen and oxygen atoms in total. The maximum Gasteiger partial charge on any atom is 0.204 e. The van der Waals surface area contributed by atoms with Gasteiger partial charge in [0.15, 0.2) is 28.4 Å². The fourth-order valence-electron chi connectivity index (χ4n) is 3.72. The van der Waals surface area contributed by atoms with Crippen molar-refractivity contribution in [3.05, 3.63) is 82.8 Å². The Hall–Kier alpha value is -4.26. The second-order valence-electron chi connectivity index (χ2n) is 7.50. The minimum absolute atomic E-state index is 0.0458. The molecule has 0 saturated heterocycles. The first kappa shape index (κ1) is 20.6. The van der Waals surface area contributed by atoms with Crippen molar-refractivity contribution in [2.24, 2.45) is 0 Å². The number of para-hydroxylation sites is 2. The van der Waals surface area contributed by atoms with Crippen LogP contribution in [0.3, 0.4) is 0 Å². The normalized spacial score (nSPS) is 11.2. The maximum atomic E-state index is 12.8. The number of fused-ring (bicyclic) bond motifs is 2. The van der Waals surface area contributed by atoms with Gasteiger partial charge in [0, 0.05) is 24.1 Å². The molecule has 0 aliphatic rings. The largest absolute Gasteiger partial charge is 0.504 e. The monoisotopic (exact) mass is 443 g/mol. The van der Waals surface area contributed by atoms with Crippen molar-refractivity contribution in [1.82, 2.24) is 4.98 Å². The Kier molecular flexibility index (Phi) is 5.44. The van der Waals surface area contributed by atoms with Crippen LogP contribution >= 0.6 is 0 Å². The molecule has 0 radical (unpaired) electrons. The number of phenols is 1. The maximum absolute atomic E-state index is 12.8. The average Bonchev–Trinajstić information content (AvgIpc) is 3.25. The van der Waals surface area contributed by atoms with Gasteiger partial charge in [-0.25, -0.2) is 4.98 Å². The van der Waals surface area contributed by atoms with Crippen LogP contribution in [0.25, 0.3) is 33.4 Å². The fraction of sp³-hybridized carbons (Fsp3) is 0.154. The Morgan fingerprint density at radius 3 is 2.55 bits per heavy atom. The quantitative estimate of drug-likeness (QED) is 0.340. The van der Waals surface area contributed by atoms with E-state index in [0.29, 0.717) is 24.5 Å². The van der Waals surface area contributed by atoms with Gasteiger partial charge in [0.25, 0.3) is 0 Å². The summed E-state index contributed by atoms with van der Waals surface area (Å²) in [5.41, 5.74) is 2.16. The lowest BCUT2D eigenvalue weighted by Gasteiger charge is -2.14. The number of rotatable bonds is 7. The molecular formula is C26H21NO6. The Balaban J connectivity index is 1.38. The number of phenolic OH excluding ortho intramolecular Hbond substituents is 1. The first-order chi connectivity index (χ1) is 16.1. The van der Waals surface area contributed by atoms with E-state index in [4.69, 9.17) is 18.3 Å². The molecule has 0 spiro atoms. The first-order valence-electron chi connectivity index (χ1n) is 10.5. The summed E-state index contributed by atoms with van der Waals surface area (Å²) in [5, 5.41) is 10.9. The molecule has 5 aromatic rings. The van der Waals surface area contributed by atoms with Crippen molar-refractivity contribution in [2.75, 3.05) is 13.7 Å². The van der Waals surface area contributed by atoms with E-state index in [-0.39, 0.29) is 40.3 Å². The summed E-state index contributed by atoms with van der Waals surface area (Å²) in [6.07, 6.45) is 1.16. The smallest absolute Gasteiger partial charge is 0.204 e. The van der Waals surface area contributed by atoms with Gasteiger partial charge in [-0.15, -0.1) is 0 Å². The predicted octanol–water partition coefficient (Wildman–Crippen LogP) is 5.33. The summed E-state index contributed by atoms with van der Waals surface area (Å²) in [5.74, 6) is 1.09. The average molecular weight is 443 g/mol. The first-order valence-corrected chi connectivity index (χ1v) is 10.5. The van der Waals surface area contributed by atoms with E-state index < -0.39 is 0 Å². The minimum atomic E-state index is -0.369. The van der Waals surface area contributed by atoms with Crippen molar-refractivity contribution in [3.8, 4) is 28.6 Å². The van der Waals surface area contributed by atoms with Crippen molar-refractivity contribution < 1.29 is 23.4 Å². The van der Waals surface area contributed by atoms with Crippen molar-refractivity contribution in [1.29, 1.82) is 0 Å². The lowest BCUT2D eigenvalue weighted by Crippen LogP contribution is -2.05. The lowest BCUT2D eigenvalue weighted by atomic mass is 10.1. The molecule has 0 unspecified atom stereocenters. The van der Waals surface area contributed by atoms with Crippen LogP contribution in [-0.2, 0) is 6.42 Å². The highest BCUT2D eigenvalue weighted by atomic mass is 16.5. The van der Waals surface area contributed by atoms with E-state index in [2.05, 4.69) is 4.98 Å². The van der Waals surface area contributed by atoms with E-state index in [9.17, 15) is 9.90 Å². The molecule has 2 heterocycles. The second-order valence-corrected chi connectivity index (χ2v) is 7.50. The molecule has 166 valence electrons. The molecule has 0 amide bonds. The van der Waals surface area contributed by atoms with Crippen LogP contribution in [0.2, 0.25) is 0 Å². The van der Waals surface area contributed by atoms with Crippen molar-refractivity contribution in [3.63, 3.8) is 0 Å². The van der Waals surface area contributed by atoms with Crippen LogP contribution in [0.5, 0.6) is 17.2 Å². The molecule has 33 heavy (non-hydrogen) atoms. The molecule has 0 bridgehead atoms. The molecule has 5 rings (SSSR count). The van der Waals surface area contributed by atoms with Gasteiger partial charge in [-0.3, -0.25) is 4.79 Å². The summed E-state index contributed by atoms with van der Waals surface area (Å²) in [6.45, 7) is 0.265. The van der Waals surface area contributed by atoms with Crippen LogP contribution in [0.15, 0.2) is 80.4 Å². The van der Waals surface area contributed by atoms with Crippen molar-refractivity contribution in [2.45, 2.75) is 12.8 Å². The summed E-state index contributed by atoms with van der Waals surface area (Å²) in [7, 11) is 1.46. The van der Waals surface area contributed by atoms with Crippen LogP contribution in [0.4, 0.5) is 0 Å². The highest BCUT2D eigenvalue weighted by Crippen LogP contribution is 2.42. The van der Waals surface area contributed by atoms with Gasteiger partial charge in [0.1, 0.15) is 22.2 Å². The van der Waals surface area contributed by atoms with Crippen molar-refractivity contribution >= 4 is 22.1 Å². The Bertz CT molecular complexity index is 1450. The van der Waals surface area contributed by atoms with E-state index in [1.165, 1.54) is 13.2 Å². The second kappa shape index (κ2) is 8.70. The van der Waals surface area contributed by atoms with E-state index >= 15 is 0 Å². The Labute approximate surface area is 188 Å². The summed E-state index contributed by atoms with van der Waals surface area (Å²) < 4.78 is 22.8. The molecule has 2 aromatic heterocycles. The summed E-state index contributed by atoms with van der Waals surface area (Å²) in [6, 6.07) is 19.8. The Morgan fingerprint density at radius 2 is 1.76 bits per heavy atom. The van der Waals surface area contributed by atoms with Crippen LogP contribution in [0.1, 0.15) is 12.3 Å². The lowest BCUT2D eigenvalue weighted by molar-refractivity contribution is 0.272. The third-order valence-corrected chi connectivity index (χ3v) is 5.31. The van der Waals surface area contributed by atoms with E-state index in [1.807, 2.05) is 54.6 Å². The number of benzene rings is 3. The van der Waals surface area contributed by atoms with Gasteiger partial charge in [0.2, 0.25) is 5.75 Å². The van der Waals surface area contributed by atoms with E-state index in [1.54, 1.807) is 6.07 Å². The van der Waals surface area contributed by atoms with Gasteiger partial charge in [0.05, 0.1) is 13.7 Å². The van der Waals surface area contributed by atoms with Gasteiger partial charge in [-0.2, -0.15) is 0 Å².